The first-order chi connectivity index (χ1) is 6.95. The number of pyridine rings is 1. The Balaban J connectivity index is 2.47. The average molecular weight is 180 g/mol. The molecule has 3 rings (SSSR count). The first-order valence-corrected chi connectivity index (χ1v) is 4.60. The summed E-state index contributed by atoms with van der Waals surface area (Å²) in [6.07, 6.45) is 4.65. The van der Waals surface area contributed by atoms with Crippen LogP contribution < -0.4 is 0 Å². The maximum Gasteiger partial charge on any atom is 0.103 e. The van der Waals surface area contributed by atoms with Crippen molar-refractivity contribution < 1.29 is 0 Å². The van der Waals surface area contributed by atoms with Crippen molar-refractivity contribution in [3.63, 3.8) is 0 Å². The highest BCUT2D eigenvalue weighted by Crippen LogP contribution is 2.29. The van der Waals surface area contributed by atoms with Gasteiger partial charge in [0.1, 0.15) is 5.69 Å². The number of benzene rings is 1. The van der Waals surface area contributed by atoms with Crippen molar-refractivity contribution in [2.24, 2.45) is 4.99 Å². The topological polar surface area (TPSA) is 25.2 Å². The molecule has 2 nitrogen and oxygen atoms in total. The van der Waals surface area contributed by atoms with Gasteiger partial charge in [-0.15, -0.1) is 0 Å². The smallest absolute Gasteiger partial charge is 0.103 e. The molecule has 1 aliphatic rings. The molecule has 0 saturated carbocycles. The number of allylic oxidation sites excluding steroid dienone is 1. The second-order valence-corrected chi connectivity index (χ2v) is 3.30. The van der Waals surface area contributed by atoms with Gasteiger partial charge in [-0.3, -0.25) is 4.98 Å². The lowest BCUT2D eigenvalue weighted by molar-refractivity contribution is 1.24. The van der Waals surface area contributed by atoms with E-state index in [1.165, 1.54) is 5.56 Å². The molecule has 66 valence electrons. The van der Waals surface area contributed by atoms with Crippen LogP contribution in [-0.4, -0.2) is 10.9 Å². The summed E-state index contributed by atoms with van der Waals surface area (Å²) >= 11 is 0. The van der Waals surface area contributed by atoms with Gasteiger partial charge in [0.25, 0.3) is 0 Å². The summed E-state index contributed by atoms with van der Waals surface area (Å²) in [5.41, 5.74) is 3.19. The molecule has 0 atom stereocenters. The zero-order valence-corrected chi connectivity index (χ0v) is 7.57. The Bertz CT molecular complexity index is 564. The fourth-order valence-corrected chi connectivity index (χ4v) is 1.73. The molecule has 0 aliphatic carbocycles. The Kier molecular flexibility index (Phi) is 1.49. The van der Waals surface area contributed by atoms with Crippen LogP contribution in [0, 0.1) is 0 Å². The van der Waals surface area contributed by atoms with Gasteiger partial charge < -0.3 is 0 Å². The second-order valence-electron chi connectivity index (χ2n) is 3.30. The van der Waals surface area contributed by atoms with Gasteiger partial charge in [0.2, 0.25) is 0 Å². The van der Waals surface area contributed by atoms with Gasteiger partial charge in [0, 0.05) is 18.0 Å². The Labute approximate surface area is 81.6 Å². The zero-order valence-electron chi connectivity index (χ0n) is 7.57. The fourth-order valence-electron chi connectivity index (χ4n) is 1.73. The third-order valence-electron chi connectivity index (χ3n) is 2.42. The van der Waals surface area contributed by atoms with Crippen LogP contribution in [0.5, 0.6) is 0 Å². The molecule has 1 aromatic carbocycles. The lowest BCUT2D eigenvalue weighted by Crippen LogP contribution is -1.89. The molecule has 14 heavy (non-hydrogen) atoms. The quantitative estimate of drug-likeness (QED) is 0.611. The maximum atomic E-state index is 4.35. The number of fused-ring (bicyclic) bond motifs is 3. The van der Waals surface area contributed by atoms with Gasteiger partial charge in [-0.05, 0) is 23.6 Å². The van der Waals surface area contributed by atoms with Crippen molar-refractivity contribution in [3.8, 4) is 0 Å². The van der Waals surface area contributed by atoms with Crippen LogP contribution in [0.2, 0.25) is 0 Å². The largest absolute Gasteiger partial charge is 0.254 e. The molecule has 2 heterocycles. The van der Waals surface area contributed by atoms with E-state index >= 15 is 0 Å². The molecule has 2 aromatic rings. The molecule has 1 aromatic heterocycles. The van der Waals surface area contributed by atoms with Crippen molar-refractivity contribution in [2.45, 2.75) is 6.42 Å². The minimum atomic E-state index is 0.908. The summed E-state index contributed by atoms with van der Waals surface area (Å²) < 4.78 is 0. The van der Waals surface area contributed by atoms with Gasteiger partial charge in [0.15, 0.2) is 0 Å². The third-order valence-corrected chi connectivity index (χ3v) is 2.42. The van der Waals surface area contributed by atoms with Gasteiger partial charge in [-0.1, -0.05) is 18.2 Å². The molecule has 0 amide bonds. The molecular formula is C12H8N2. The third kappa shape index (κ3) is 0.983. The van der Waals surface area contributed by atoms with Gasteiger partial charge in [-0.2, -0.15) is 0 Å². The molecule has 0 fully saturated rings. The minimum Gasteiger partial charge on any atom is -0.254 e. The van der Waals surface area contributed by atoms with E-state index in [4.69, 9.17) is 0 Å². The molecule has 0 unspecified atom stereocenters. The summed E-state index contributed by atoms with van der Waals surface area (Å²) in [5, 5.41) is 1.14. The standard InChI is InChI=1S/C12H8N2/c1-3-9-5-6-10-4-2-8-14-12(10)11(9)13-7-1/h1-3,5-7H,4H2. The molecule has 0 spiro atoms. The fraction of sp³-hybridized carbons (Fsp3) is 0.0833. The highest BCUT2D eigenvalue weighted by molar-refractivity contribution is 5.92. The van der Waals surface area contributed by atoms with Crippen LogP contribution in [0.15, 0.2) is 41.5 Å². The molecule has 0 N–H and O–H groups in total. The molecule has 0 bridgehead atoms. The first-order valence-electron chi connectivity index (χ1n) is 4.60. The molecule has 2 heteroatoms. The lowest BCUT2D eigenvalue weighted by Gasteiger charge is -2.07. The van der Waals surface area contributed by atoms with E-state index in [0.29, 0.717) is 0 Å². The summed E-state index contributed by atoms with van der Waals surface area (Å²) in [4.78, 5) is 8.60. The molecule has 0 saturated heterocycles. The number of aliphatic imine (C=N–C) groups is 1. The SMILES string of the molecule is C1=CCc2ccc3cccnc3c2N=1. The highest BCUT2D eigenvalue weighted by atomic mass is 14.8. The van der Waals surface area contributed by atoms with Crippen molar-refractivity contribution in [2.75, 3.05) is 0 Å². The van der Waals surface area contributed by atoms with Crippen LogP contribution in [-0.2, 0) is 6.42 Å². The van der Waals surface area contributed by atoms with Crippen LogP contribution >= 0.6 is 0 Å². The maximum absolute atomic E-state index is 4.35. The number of hydrogen-bond donors (Lipinski definition) is 0. The van der Waals surface area contributed by atoms with Crippen molar-refractivity contribution in [1.82, 2.24) is 4.98 Å². The van der Waals surface area contributed by atoms with E-state index < -0.39 is 0 Å². The van der Waals surface area contributed by atoms with Crippen LogP contribution in [0.1, 0.15) is 5.56 Å². The van der Waals surface area contributed by atoms with E-state index in [-0.39, 0.29) is 0 Å². The zero-order chi connectivity index (χ0) is 9.38. The van der Waals surface area contributed by atoms with Gasteiger partial charge >= 0.3 is 0 Å². The molecule has 0 radical (unpaired) electrons. The predicted octanol–water partition coefficient (Wildman–Crippen LogP) is 2.65. The summed E-state index contributed by atoms with van der Waals surface area (Å²) in [7, 11) is 0. The van der Waals surface area contributed by atoms with E-state index in [1.54, 1.807) is 6.20 Å². The monoisotopic (exact) mass is 180 g/mol. The van der Waals surface area contributed by atoms with Crippen LogP contribution in [0.3, 0.4) is 0 Å². The van der Waals surface area contributed by atoms with E-state index in [2.05, 4.69) is 34.0 Å². The van der Waals surface area contributed by atoms with Crippen LogP contribution in [0.4, 0.5) is 5.69 Å². The van der Waals surface area contributed by atoms with Gasteiger partial charge in [-0.25, -0.2) is 4.99 Å². The Morgan fingerprint density at radius 2 is 2.21 bits per heavy atom. The predicted molar refractivity (Wildman–Crippen MR) is 57.1 cm³/mol. The van der Waals surface area contributed by atoms with Crippen molar-refractivity contribution in [3.05, 3.63) is 42.1 Å². The minimum absolute atomic E-state index is 0.908. The molecule has 1 aliphatic heterocycles. The van der Waals surface area contributed by atoms with Crippen molar-refractivity contribution >= 4 is 22.5 Å². The first kappa shape index (κ1) is 7.48. The Morgan fingerprint density at radius 3 is 3.21 bits per heavy atom. The highest BCUT2D eigenvalue weighted by Gasteiger charge is 2.07. The Hall–Kier alpha value is -1.92. The average Bonchev–Trinajstić information content (AvgIpc) is 2.29. The Morgan fingerprint density at radius 1 is 1.21 bits per heavy atom. The summed E-state index contributed by atoms with van der Waals surface area (Å²) in [6, 6.07) is 8.20. The lowest BCUT2D eigenvalue weighted by atomic mass is 10.0. The van der Waals surface area contributed by atoms with Crippen molar-refractivity contribution in [1.29, 1.82) is 0 Å². The normalized spacial score (nSPS) is 13.1. The summed E-state index contributed by atoms with van der Waals surface area (Å²) in [5.74, 6) is 2.89. The second kappa shape index (κ2) is 2.79. The van der Waals surface area contributed by atoms with E-state index in [0.717, 1.165) is 23.0 Å². The van der Waals surface area contributed by atoms with Crippen LogP contribution in [0.25, 0.3) is 10.9 Å². The van der Waals surface area contributed by atoms with E-state index in [1.807, 2.05) is 12.1 Å². The number of nitrogens with zero attached hydrogens (tertiary/aromatic N) is 2. The summed E-state index contributed by atoms with van der Waals surface area (Å²) in [6.45, 7) is 0. The molecular weight excluding hydrogens is 172 g/mol. The number of aromatic nitrogens is 1. The van der Waals surface area contributed by atoms with Gasteiger partial charge in [0.05, 0.1) is 5.52 Å². The number of hydrogen-bond acceptors (Lipinski definition) is 2. The van der Waals surface area contributed by atoms with E-state index in [9.17, 15) is 0 Å². The number of rotatable bonds is 0.